The predicted molar refractivity (Wildman–Crippen MR) is 98.5 cm³/mol. The number of hydrogen-bond donors (Lipinski definition) is 1. The molecule has 0 bridgehead atoms. The van der Waals surface area contributed by atoms with Gasteiger partial charge in [0, 0.05) is 15.3 Å². The van der Waals surface area contributed by atoms with E-state index in [0.717, 1.165) is 22.2 Å². The predicted octanol–water partition coefficient (Wildman–Crippen LogP) is 5.12. The number of ether oxygens (including phenoxy) is 1. The maximum absolute atomic E-state index is 5.97. The van der Waals surface area contributed by atoms with Gasteiger partial charge in [-0.05, 0) is 61.0 Å². The molecule has 0 aliphatic carbocycles. The van der Waals surface area contributed by atoms with E-state index in [0.29, 0.717) is 17.3 Å². The average Bonchev–Trinajstić information content (AvgIpc) is 3.20. The van der Waals surface area contributed by atoms with Gasteiger partial charge in [0.1, 0.15) is 11.3 Å². The Bertz CT molecular complexity index is 1030. The molecule has 24 heavy (non-hydrogen) atoms. The van der Waals surface area contributed by atoms with Crippen molar-refractivity contribution in [2.75, 3.05) is 12.8 Å². The molecule has 0 unspecified atom stereocenters. The monoisotopic (exact) mass is 336 g/mol. The molecule has 0 spiro atoms. The fourth-order valence-corrected chi connectivity index (χ4v) is 3.53. The molecule has 2 heterocycles. The first-order valence-electron chi connectivity index (χ1n) is 7.55. The van der Waals surface area contributed by atoms with E-state index in [1.807, 2.05) is 24.3 Å². The largest absolute Gasteiger partial charge is 0.495 e. The molecular weight excluding hydrogens is 320 g/mol. The van der Waals surface area contributed by atoms with Gasteiger partial charge in [-0.2, -0.15) is 0 Å². The topological polar surface area (TPSA) is 61.3 Å². The highest BCUT2D eigenvalue weighted by molar-refractivity contribution is 7.15. The lowest BCUT2D eigenvalue weighted by Gasteiger charge is -2.04. The van der Waals surface area contributed by atoms with E-state index in [4.69, 9.17) is 14.9 Å². The molecule has 0 fully saturated rings. The summed E-state index contributed by atoms with van der Waals surface area (Å²) in [5.74, 6) is 1.20. The van der Waals surface area contributed by atoms with Crippen LogP contribution in [0.4, 0.5) is 5.69 Å². The van der Waals surface area contributed by atoms with Gasteiger partial charge in [-0.25, -0.2) is 4.98 Å². The number of nitrogens with zero attached hydrogens (tertiary/aromatic N) is 1. The Labute approximate surface area is 143 Å². The SMILES string of the molecule is COc1ccc(-c2nc3cc(-c4ccc(C)s4)ccc3o2)cc1N. The highest BCUT2D eigenvalue weighted by atomic mass is 32.1. The molecule has 120 valence electrons. The summed E-state index contributed by atoms with van der Waals surface area (Å²) in [7, 11) is 1.60. The summed E-state index contributed by atoms with van der Waals surface area (Å²) in [5, 5.41) is 0. The number of aryl methyl sites for hydroxylation is 1. The molecule has 0 aliphatic heterocycles. The van der Waals surface area contributed by atoms with Crippen LogP contribution in [0.1, 0.15) is 4.88 Å². The molecule has 2 aromatic heterocycles. The van der Waals surface area contributed by atoms with E-state index in [1.54, 1.807) is 18.4 Å². The van der Waals surface area contributed by atoms with Crippen LogP contribution in [0, 0.1) is 6.92 Å². The Kier molecular flexibility index (Phi) is 3.50. The summed E-state index contributed by atoms with van der Waals surface area (Å²) in [5.41, 5.74) is 10.1. The number of rotatable bonds is 3. The number of thiophene rings is 1. The first kappa shape index (κ1) is 14.8. The molecule has 2 N–H and O–H groups in total. The molecule has 0 saturated heterocycles. The minimum atomic E-state index is 0.555. The van der Waals surface area contributed by atoms with E-state index in [1.165, 1.54) is 9.75 Å². The average molecular weight is 336 g/mol. The van der Waals surface area contributed by atoms with Gasteiger partial charge in [0.2, 0.25) is 5.89 Å². The molecule has 5 heteroatoms. The minimum Gasteiger partial charge on any atom is -0.495 e. The molecule has 4 rings (SSSR count). The lowest BCUT2D eigenvalue weighted by molar-refractivity contribution is 0.417. The lowest BCUT2D eigenvalue weighted by atomic mass is 10.1. The second-order valence-corrected chi connectivity index (χ2v) is 6.86. The first-order chi connectivity index (χ1) is 11.6. The zero-order chi connectivity index (χ0) is 16.7. The summed E-state index contributed by atoms with van der Waals surface area (Å²) in [6.45, 7) is 2.11. The molecule has 2 aromatic carbocycles. The minimum absolute atomic E-state index is 0.555. The molecule has 4 aromatic rings. The van der Waals surface area contributed by atoms with Gasteiger partial charge in [-0.3, -0.25) is 0 Å². The first-order valence-corrected chi connectivity index (χ1v) is 8.37. The third-order valence-electron chi connectivity index (χ3n) is 3.89. The van der Waals surface area contributed by atoms with Gasteiger partial charge >= 0.3 is 0 Å². The van der Waals surface area contributed by atoms with Gasteiger partial charge < -0.3 is 14.9 Å². The number of methoxy groups -OCH3 is 1. The number of oxazole rings is 1. The molecule has 0 radical (unpaired) electrons. The maximum atomic E-state index is 5.97. The smallest absolute Gasteiger partial charge is 0.227 e. The quantitative estimate of drug-likeness (QED) is 0.527. The molecule has 0 amide bonds. The van der Waals surface area contributed by atoms with Crippen LogP contribution >= 0.6 is 11.3 Å². The van der Waals surface area contributed by atoms with Crippen molar-refractivity contribution in [2.24, 2.45) is 0 Å². The Morgan fingerprint density at radius 2 is 1.88 bits per heavy atom. The zero-order valence-electron chi connectivity index (χ0n) is 13.4. The number of anilines is 1. The fraction of sp³-hybridized carbons (Fsp3) is 0.105. The number of fused-ring (bicyclic) bond motifs is 1. The summed E-state index contributed by atoms with van der Waals surface area (Å²) in [4.78, 5) is 7.13. The number of aromatic nitrogens is 1. The van der Waals surface area contributed by atoms with Crippen LogP contribution in [0.3, 0.4) is 0 Å². The summed E-state index contributed by atoms with van der Waals surface area (Å²) >= 11 is 1.77. The van der Waals surface area contributed by atoms with Gasteiger partial charge in [0.25, 0.3) is 0 Å². The second-order valence-electron chi connectivity index (χ2n) is 5.57. The van der Waals surface area contributed by atoms with Crippen molar-refractivity contribution in [1.82, 2.24) is 4.98 Å². The van der Waals surface area contributed by atoms with E-state index in [2.05, 4.69) is 36.2 Å². The van der Waals surface area contributed by atoms with Gasteiger partial charge in [-0.1, -0.05) is 0 Å². The third kappa shape index (κ3) is 2.53. The summed E-state index contributed by atoms with van der Waals surface area (Å²) in [6.07, 6.45) is 0. The molecule has 0 aliphatic rings. The van der Waals surface area contributed by atoms with E-state index >= 15 is 0 Å². The Morgan fingerprint density at radius 1 is 1.04 bits per heavy atom. The van der Waals surface area contributed by atoms with Crippen LogP contribution in [0.25, 0.3) is 33.0 Å². The van der Waals surface area contributed by atoms with Crippen molar-refractivity contribution in [3.05, 3.63) is 53.4 Å². The maximum Gasteiger partial charge on any atom is 0.227 e. The van der Waals surface area contributed by atoms with Crippen molar-refractivity contribution < 1.29 is 9.15 Å². The fourth-order valence-electron chi connectivity index (χ4n) is 2.66. The Morgan fingerprint density at radius 3 is 2.58 bits per heavy atom. The second kappa shape index (κ2) is 5.69. The number of hydrogen-bond acceptors (Lipinski definition) is 5. The number of benzene rings is 2. The lowest BCUT2D eigenvalue weighted by Crippen LogP contribution is -1.92. The van der Waals surface area contributed by atoms with Gasteiger partial charge in [-0.15, -0.1) is 11.3 Å². The molecule has 0 saturated carbocycles. The van der Waals surface area contributed by atoms with Gasteiger partial charge in [0.15, 0.2) is 5.58 Å². The highest BCUT2D eigenvalue weighted by Gasteiger charge is 2.11. The van der Waals surface area contributed by atoms with Crippen LogP contribution in [0.5, 0.6) is 5.75 Å². The Hall–Kier alpha value is -2.79. The standard InChI is InChI=1S/C19H16N2O2S/c1-11-3-8-18(24-11)12-4-7-17-15(10-12)21-19(23-17)13-5-6-16(22-2)14(20)9-13/h3-10H,20H2,1-2H3. The van der Waals surface area contributed by atoms with Crippen LogP contribution in [-0.4, -0.2) is 12.1 Å². The van der Waals surface area contributed by atoms with E-state index in [-0.39, 0.29) is 0 Å². The summed E-state index contributed by atoms with van der Waals surface area (Å²) < 4.78 is 11.1. The van der Waals surface area contributed by atoms with Crippen molar-refractivity contribution in [1.29, 1.82) is 0 Å². The van der Waals surface area contributed by atoms with Gasteiger partial charge in [0.05, 0.1) is 12.8 Å². The van der Waals surface area contributed by atoms with E-state index < -0.39 is 0 Å². The van der Waals surface area contributed by atoms with E-state index in [9.17, 15) is 0 Å². The van der Waals surface area contributed by atoms with Crippen LogP contribution in [-0.2, 0) is 0 Å². The highest BCUT2D eigenvalue weighted by Crippen LogP contribution is 2.33. The molecule has 4 nitrogen and oxygen atoms in total. The normalized spacial score (nSPS) is 11.1. The van der Waals surface area contributed by atoms with Crippen molar-refractivity contribution in [3.63, 3.8) is 0 Å². The molecule has 0 atom stereocenters. The third-order valence-corrected chi connectivity index (χ3v) is 4.94. The number of nitrogens with two attached hydrogens (primary N) is 1. The van der Waals surface area contributed by atoms with Crippen LogP contribution in [0.15, 0.2) is 52.9 Å². The number of nitrogen functional groups attached to an aromatic ring is 1. The molecular formula is C19H16N2O2S. The van der Waals surface area contributed by atoms with Crippen LogP contribution in [0.2, 0.25) is 0 Å². The zero-order valence-corrected chi connectivity index (χ0v) is 14.2. The summed E-state index contributed by atoms with van der Waals surface area (Å²) in [6, 6.07) is 15.9. The van der Waals surface area contributed by atoms with Crippen molar-refractivity contribution in [3.8, 4) is 27.6 Å². The van der Waals surface area contributed by atoms with Crippen molar-refractivity contribution in [2.45, 2.75) is 6.92 Å². The Balaban J connectivity index is 1.77. The van der Waals surface area contributed by atoms with Crippen molar-refractivity contribution >= 4 is 28.1 Å². The van der Waals surface area contributed by atoms with Crippen LogP contribution < -0.4 is 10.5 Å².